The van der Waals surface area contributed by atoms with Gasteiger partial charge in [-0.2, -0.15) is 4.98 Å². The maximum absolute atomic E-state index is 12.8. The van der Waals surface area contributed by atoms with Gasteiger partial charge in [-0.15, -0.1) is 0 Å². The van der Waals surface area contributed by atoms with Gasteiger partial charge in [-0.05, 0) is 68.4 Å². The molecule has 1 amide bonds. The lowest BCUT2D eigenvalue weighted by molar-refractivity contribution is -0.137. The van der Waals surface area contributed by atoms with Gasteiger partial charge in [0.2, 0.25) is 11.7 Å². The number of hydrogen-bond donors (Lipinski definition) is 0. The summed E-state index contributed by atoms with van der Waals surface area (Å²) >= 11 is 0. The molecule has 3 aromatic rings. The maximum atomic E-state index is 12.8. The van der Waals surface area contributed by atoms with Gasteiger partial charge in [0.15, 0.2) is 6.10 Å². The first-order chi connectivity index (χ1) is 14.5. The molecule has 0 spiro atoms. The van der Waals surface area contributed by atoms with E-state index in [9.17, 15) is 4.79 Å². The van der Waals surface area contributed by atoms with Crippen molar-refractivity contribution >= 4 is 5.91 Å². The number of fused-ring (bicyclic) bond motifs is 1. The molecule has 0 saturated carbocycles. The monoisotopic (exact) mass is 405 g/mol. The van der Waals surface area contributed by atoms with Gasteiger partial charge < -0.3 is 14.2 Å². The molecule has 1 atom stereocenters. The Kier molecular flexibility index (Phi) is 5.84. The van der Waals surface area contributed by atoms with Crippen LogP contribution in [0.25, 0.3) is 11.4 Å². The summed E-state index contributed by atoms with van der Waals surface area (Å²) < 4.78 is 11.3. The van der Waals surface area contributed by atoms with Crippen molar-refractivity contribution in [3.8, 4) is 17.1 Å². The lowest BCUT2D eigenvalue weighted by Gasteiger charge is -2.22. The Morgan fingerprint density at radius 1 is 1.17 bits per heavy atom. The molecule has 0 aliphatic heterocycles. The second kappa shape index (κ2) is 8.69. The van der Waals surface area contributed by atoms with Gasteiger partial charge in [0.05, 0.1) is 6.54 Å². The fourth-order valence-electron chi connectivity index (χ4n) is 3.88. The average Bonchev–Trinajstić information content (AvgIpc) is 3.21. The summed E-state index contributed by atoms with van der Waals surface area (Å²) in [4.78, 5) is 18.8. The number of aryl methyl sites for hydroxylation is 3. The highest BCUT2D eigenvalue weighted by Gasteiger charge is 2.22. The fourth-order valence-corrected chi connectivity index (χ4v) is 3.88. The third-order valence-electron chi connectivity index (χ3n) is 5.58. The maximum Gasteiger partial charge on any atom is 0.263 e. The zero-order valence-electron chi connectivity index (χ0n) is 17.7. The van der Waals surface area contributed by atoms with E-state index in [0.717, 1.165) is 29.7 Å². The molecule has 30 heavy (non-hydrogen) atoms. The van der Waals surface area contributed by atoms with Crippen molar-refractivity contribution < 1.29 is 14.1 Å². The van der Waals surface area contributed by atoms with Gasteiger partial charge in [0.25, 0.3) is 5.91 Å². The summed E-state index contributed by atoms with van der Waals surface area (Å²) in [5.41, 5.74) is 4.72. The molecule has 6 nitrogen and oxygen atoms in total. The first-order valence-electron chi connectivity index (χ1n) is 10.4. The van der Waals surface area contributed by atoms with Crippen LogP contribution in [-0.2, 0) is 24.2 Å². The normalized spacial score (nSPS) is 14.1. The van der Waals surface area contributed by atoms with Gasteiger partial charge in [0, 0.05) is 12.6 Å². The first-order valence-corrected chi connectivity index (χ1v) is 10.4. The highest BCUT2D eigenvalue weighted by Crippen LogP contribution is 2.26. The summed E-state index contributed by atoms with van der Waals surface area (Å²) in [7, 11) is 1.71. The highest BCUT2D eigenvalue weighted by atomic mass is 16.5. The van der Waals surface area contributed by atoms with Crippen molar-refractivity contribution in [2.24, 2.45) is 0 Å². The smallest absolute Gasteiger partial charge is 0.263 e. The molecule has 2 aromatic carbocycles. The van der Waals surface area contributed by atoms with Crippen LogP contribution in [-0.4, -0.2) is 34.1 Å². The van der Waals surface area contributed by atoms with Gasteiger partial charge in [-0.25, -0.2) is 0 Å². The van der Waals surface area contributed by atoms with Gasteiger partial charge in [0.1, 0.15) is 5.75 Å². The van der Waals surface area contributed by atoms with Gasteiger partial charge in [-0.1, -0.05) is 35.5 Å². The van der Waals surface area contributed by atoms with Gasteiger partial charge in [-0.3, -0.25) is 4.79 Å². The third-order valence-corrected chi connectivity index (χ3v) is 5.58. The molecule has 6 heteroatoms. The Bertz CT molecular complexity index is 1040. The number of carbonyl (C=O) groups excluding carboxylic acids is 1. The minimum Gasteiger partial charge on any atom is -0.481 e. The minimum atomic E-state index is -0.601. The van der Waals surface area contributed by atoms with Crippen molar-refractivity contribution in [1.29, 1.82) is 0 Å². The molecule has 0 saturated heterocycles. The molecule has 4 rings (SSSR count). The van der Waals surface area contributed by atoms with Crippen LogP contribution in [0.1, 0.15) is 42.3 Å². The third kappa shape index (κ3) is 4.37. The quantitative estimate of drug-likeness (QED) is 0.610. The SMILES string of the molecule is Cc1ccccc1-c1noc(CN(C)C(=O)C(C)Oc2ccc3c(c2)CCCC3)n1. The molecule has 1 aliphatic carbocycles. The number of rotatable bonds is 6. The van der Waals surface area contributed by atoms with Crippen LogP contribution in [0.3, 0.4) is 0 Å². The van der Waals surface area contributed by atoms with E-state index in [1.807, 2.05) is 37.3 Å². The van der Waals surface area contributed by atoms with Crippen LogP contribution in [0, 0.1) is 6.92 Å². The Hall–Kier alpha value is -3.15. The van der Waals surface area contributed by atoms with Crippen molar-refractivity contribution in [3.05, 3.63) is 65.0 Å². The molecule has 1 heterocycles. The predicted octanol–water partition coefficient (Wildman–Crippen LogP) is 4.35. The molecule has 0 radical (unpaired) electrons. The van der Waals surface area contributed by atoms with E-state index in [2.05, 4.69) is 22.3 Å². The van der Waals surface area contributed by atoms with E-state index in [-0.39, 0.29) is 12.5 Å². The van der Waals surface area contributed by atoms with Crippen LogP contribution in [0.2, 0.25) is 0 Å². The number of amides is 1. The molecular weight excluding hydrogens is 378 g/mol. The van der Waals surface area contributed by atoms with Crippen molar-refractivity contribution in [1.82, 2.24) is 15.0 Å². The van der Waals surface area contributed by atoms with Crippen LogP contribution < -0.4 is 4.74 Å². The van der Waals surface area contributed by atoms with Crippen molar-refractivity contribution in [2.75, 3.05) is 7.05 Å². The molecule has 1 aromatic heterocycles. The number of aromatic nitrogens is 2. The largest absolute Gasteiger partial charge is 0.481 e. The Balaban J connectivity index is 1.38. The van der Waals surface area contributed by atoms with E-state index < -0.39 is 6.10 Å². The number of carbonyl (C=O) groups is 1. The zero-order chi connectivity index (χ0) is 21.1. The first kappa shape index (κ1) is 20.1. The van der Waals surface area contributed by atoms with Crippen LogP contribution in [0.15, 0.2) is 47.0 Å². The molecule has 156 valence electrons. The van der Waals surface area contributed by atoms with E-state index in [0.29, 0.717) is 11.7 Å². The number of hydrogen-bond acceptors (Lipinski definition) is 5. The number of ether oxygens (including phenoxy) is 1. The van der Waals surface area contributed by atoms with E-state index in [1.165, 1.54) is 24.0 Å². The minimum absolute atomic E-state index is 0.136. The van der Waals surface area contributed by atoms with E-state index in [1.54, 1.807) is 18.9 Å². The number of benzene rings is 2. The Morgan fingerprint density at radius 2 is 1.93 bits per heavy atom. The van der Waals surface area contributed by atoms with Crippen LogP contribution in [0.5, 0.6) is 5.75 Å². The molecule has 1 aliphatic rings. The topological polar surface area (TPSA) is 68.5 Å². The van der Waals surface area contributed by atoms with E-state index in [4.69, 9.17) is 9.26 Å². The average molecular weight is 405 g/mol. The standard InChI is InChI=1S/C24H27N3O3/c1-16-8-4-7-11-21(16)23-25-22(30-26-23)15-27(3)24(28)17(2)29-20-13-12-18-9-5-6-10-19(18)14-20/h4,7-8,11-14,17H,5-6,9-10,15H2,1-3H3. The molecule has 0 fully saturated rings. The zero-order valence-corrected chi connectivity index (χ0v) is 17.7. The predicted molar refractivity (Wildman–Crippen MR) is 114 cm³/mol. The highest BCUT2D eigenvalue weighted by molar-refractivity contribution is 5.80. The molecular formula is C24H27N3O3. The van der Waals surface area contributed by atoms with Crippen molar-refractivity contribution in [3.63, 3.8) is 0 Å². The fraction of sp³-hybridized carbons (Fsp3) is 0.375. The second-order valence-electron chi connectivity index (χ2n) is 7.92. The molecule has 0 N–H and O–H groups in total. The summed E-state index contributed by atoms with van der Waals surface area (Å²) in [6, 6.07) is 14.0. The molecule has 0 bridgehead atoms. The van der Waals surface area contributed by atoms with Crippen LogP contribution in [0.4, 0.5) is 0 Å². The second-order valence-corrected chi connectivity index (χ2v) is 7.92. The summed E-state index contributed by atoms with van der Waals surface area (Å²) in [5, 5.41) is 4.06. The Labute approximate surface area is 176 Å². The summed E-state index contributed by atoms with van der Waals surface area (Å²) in [5.74, 6) is 1.53. The molecule has 1 unspecified atom stereocenters. The van der Waals surface area contributed by atoms with Crippen LogP contribution >= 0.6 is 0 Å². The Morgan fingerprint density at radius 3 is 2.73 bits per heavy atom. The number of nitrogens with zero attached hydrogens (tertiary/aromatic N) is 3. The lowest BCUT2D eigenvalue weighted by atomic mass is 9.92. The summed E-state index contributed by atoms with van der Waals surface area (Å²) in [6.45, 7) is 4.00. The van der Waals surface area contributed by atoms with Gasteiger partial charge >= 0.3 is 0 Å². The lowest BCUT2D eigenvalue weighted by Crippen LogP contribution is -2.37. The summed E-state index contributed by atoms with van der Waals surface area (Å²) in [6.07, 6.45) is 4.06. The number of likely N-dealkylation sites (N-methyl/N-ethyl adjacent to an activating group) is 1. The van der Waals surface area contributed by atoms with Crippen molar-refractivity contribution in [2.45, 2.75) is 52.2 Å². The van der Waals surface area contributed by atoms with E-state index >= 15 is 0 Å².